The lowest BCUT2D eigenvalue weighted by Gasteiger charge is -2.12. The summed E-state index contributed by atoms with van der Waals surface area (Å²) in [6.07, 6.45) is 0. The molecule has 0 fully saturated rings. The molecule has 0 aliphatic carbocycles. The number of carbonyl (C=O) groups is 1. The monoisotopic (exact) mass is 254 g/mol. The van der Waals surface area contributed by atoms with E-state index in [9.17, 15) is 4.79 Å². The second-order valence-electron chi connectivity index (χ2n) is 4.57. The van der Waals surface area contributed by atoms with Gasteiger partial charge in [-0.3, -0.25) is 0 Å². The molecule has 19 heavy (non-hydrogen) atoms. The van der Waals surface area contributed by atoms with Gasteiger partial charge in [-0.15, -0.1) is 0 Å². The maximum atomic E-state index is 12.1. The van der Waals surface area contributed by atoms with E-state index in [4.69, 9.17) is 4.74 Å². The van der Waals surface area contributed by atoms with Crippen LogP contribution in [0.3, 0.4) is 0 Å². The molecule has 2 rings (SSSR count). The largest absolute Gasteiger partial charge is 0.462 e. The van der Waals surface area contributed by atoms with Gasteiger partial charge in [0.15, 0.2) is 0 Å². The number of hydrogen-bond acceptors (Lipinski definition) is 2. The summed E-state index contributed by atoms with van der Waals surface area (Å²) >= 11 is 0. The molecular formula is C17H18O2. The van der Waals surface area contributed by atoms with Crippen LogP contribution in [0.4, 0.5) is 0 Å². The van der Waals surface area contributed by atoms with Crippen LogP contribution < -0.4 is 0 Å². The highest BCUT2D eigenvalue weighted by atomic mass is 16.5. The molecule has 0 saturated carbocycles. The highest BCUT2D eigenvalue weighted by Crippen LogP contribution is 2.27. The minimum atomic E-state index is -0.260. The predicted octanol–water partition coefficient (Wildman–Crippen LogP) is 4.15. The smallest absolute Gasteiger partial charge is 0.338 e. The third-order valence-corrected chi connectivity index (χ3v) is 3.21. The molecule has 0 N–H and O–H groups in total. The van der Waals surface area contributed by atoms with Gasteiger partial charge < -0.3 is 4.74 Å². The molecule has 2 nitrogen and oxygen atoms in total. The standard InChI is InChI=1S/C17H18O2/c1-4-19-17(18)16-11-13(3)12(2)10-15(16)14-8-6-5-7-9-14/h5-11H,4H2,1-3H3. The topological polar surface area (TPSA) is 26.3 Å². The van der Waals surface area contributed by atoms with Gasteiger partial charge in [0.1, 0.15) is 0 Å². The minimum absolute atomic E-state index is 0.260. The first-order valence-corrected chi connectivity index (χ1v) is 6.47. The average molecular weight is 254 g/mol. The van der Waals surface area contributed by atoms with Crippen LogP contribution in [0.1, 0.15) is 28.4 Å². The fourth-order valence-electron chi connectivity index (χ4n) is 2.05. The molecule has 2 aromatic carbocycles. The second kappa shape index (κ2) is 5.70. The Morgan fingerprint density at radius 3 is 2.32 bits per heavy atom. The van der Waals surface area contributed by atoms with E-state index in [2.05, 4.69) is 13.0 Å². The Morgan fingerprint density at radius 2 is 1.68 bits per heavy atom. The lowest BCUT2D eigenvalue weighted by Crippen LogP contribution is -2.07. The molecule has 0 aliphatic rings. The van der Waals surface area contributed by atoms with E-state index in [1.165, 1.54) is 5.56 Å². The molecule has 0 spiro atoms. The molecule has 2 aromatic rings. The highest BCUT2D eigenvalue weighted by Gasteiger charge is 2.15. The van der Waals surface area contributed by atoms with Gasteiger partial charge >= 0.3 is 5.97 Å². The molecular weight excluding hydrogens is 236 g/mol. The van der Waals surface area contributed by atoms with Crippen molar-refractivity contribution in [1.82, 2.24) is 0 Å². The average Bonchev–Trinajstić information content (AvgIpc) is 2.42. The molecule has 0 aliphatic heterocycles. The molecule has 0 amide bonds. The van der Waals surface area contributed by atoms with Crippen molar-refractivity contribution in [3.05, 3.63) is 59.2 Å². The molecule has 0 unspecified atom stereocenters. The molecule has 2 heteroatoms. The van der Waals surface area contributed by atoms with Crippen molar-refractivity contribution in [2.75, 3.05) is 6.61 Å². The van der Waals surface area contributed by atoms with Crippen LogP contribution in [0, 0.1) is 13.8 Å². The molecule has 0 saturated heterocycles. The third-order valence-electron chi connectivity index (χ3n) is 3.21. The number of rotatable bonds is 3. The number of carbonyl (C=O) groups excluding carboxylic acids is 1. The summed E-state index contributed by atoms with van der Waals surface area (Å²) in [5, 5.41) is 0. The first-order chi connectivity index (χ1) is 9.13. The number of hydrogen-bond donors (Lipinski definition) is 0. The van der Waals surface area contributed by atoms with Crippen LogP contribution in [0.25, 0.3) is 11.1 Å². The van der Waals surface area contributed by atoms with E-state index in [0.717, 1.165) is 16.7 Å². The first kappa shape index (κ1) is 13.3. The number of esters is 1. The van der Waals surface area contributed by atoms with Gasteiger partial charge in [-0.1, -0.05) is 36.4 Å². The normalized spacial score (nSPS) is 10.3. The summed E-state index contributed by atoms with van der Waals surface area (Å²) in [6, 6.07) is 13.9. The molecule has 0 radical (unpaired) electrons. The molecule has 98 valence electrons. The lowest BCUT2D eigenvalue weighted by atomic mass is 9.95. The Balaban J connectivity index is 2.58. The zero-order valence-electron chi connectivity index (χ0n) is 11.6. The Morgan fingerprint density at radius 1 is 1.05 bits per heavy atom. The van der Waals surface area contributed by atoms with Gasteiger partial charge in [-0.05, 0) is 49.1 Å². The third kappa shape index (κ3) is 2.84. The summed E-state index contributed by atoms with van der Waals surface area (Å²) in [5.41, 5.74) is 4.88. The van der Waals surface area contributed by atoms with Crippen LogP contribution in [0.2, 0.25) is 0 Å². The zero-order valence-corrected chi connectivity index (χ0v) is 11.6. The molecule has 0 aromatic heterocycles. The van der Waals surface area contributed by atoms with Crippen molar-refractivity contribution >= 4 is 5.97 Å². The van der Waals surface area contributed by atoms with E-state index in [1.54, 1.807) is 0 Å². The number of aryl methyl sites for hydroxylation is 2. The Bertz CT molecular complexity index is 586. The first-order valence-electron chi connectivity index (χ1n) is 6.47. The molecule has 0 atom stereocenters. The summed E-state index contributed by atoms with van der Waals surface area (Å²) in [6.45, 7) is 6.27. The Labute approximate surface area is 114 Å². The summed E-state index contributed by atoms with van der Waals surface area (Å²) in [4.78, 5) is 12.1. The van der Waals surface area contributed by atoms with E-state index < -0.39 is 0 Å². The summed E-state index contributed by atoms with van der Waals surface area (Å²) < 4.78 is 5.15. The molecule has 0 heterocycles. The van der Waals surface area contributed by atoms with Gasteiger partial charge in [0.25, 0.3) is 0 Å². The van der Waals surface area contributed by atoms with Gasteiger partial charge in [0.2, 0.25) is 0 Å². The quantitative estimate of drug-likeness (QED) is 0.769. The van der Waals surface area contributed by atoms with E-state index in [1.807, 2.05) is 50.2 Å². The maximum absolute atomic E-state index is 12.1. The summed E-state index contributed by atoms with van der Waals surface area (Å²) in [5.74, 6) is -0.260. The van der Waals surface area contributed by atoms with Crippen molar-refractivity contribution in [2.24, 2.45) is 0 Å². The zero-order chi connectivity index (χ0) is 13.8. The summed E-state index contributed by atoms with van der Waals surface area (Å²) in [7, 11) is 0. The number of benzene rings is 2. The van der Waals surface area contributed by atoms with Crippen LogP contribution >= 0.6 is 0 Å². The van der Waals surface area contributed by atoms with Crippen molar-refractivity contribution in [3.8, 4) is 11.1 Å². The fourth-order valence-corrected chi connectivity index (χ4v) is 2.05. The fraction of sp³-hybridized carbons (Fsp3) is 0.235. The van der Waals surface area contributed by atoms with Gasteiger partial charge in [0.05, 0.1) is 12.2 Å². The van der Waals surface area contributed by atoms with Gasteiger partial charge in [-0.25, -0.2) is 4.79 Å². The second-order valence-corrected chi connectivity index (χ2v) is 4.57. The molecule has 0 bridgehead atoms. The van der Waals surface area contributed by atoms with Crippen molar-refractivity contribution in [1.29, 1.82) is 0 Å². The Hall–Kier alpha value is -2.09. The van der Waals surface area contributed by atoms with Crippen molar-refractivity contribution in [3.63, 3.8) is 0 Å². The van der Waals surface area contributed by atoms with Crippen LogP contribution in [-0.2, 0) is 4.74 Å². The minimum Gasteiger partial charge on any atom is -0.462 e. The predicted molar refractivity (Wildman–Crippen MR) is 77.3 cm³/mol. The highest BCUT2D eigenvalue weighted by molar-refractivity contribution is 5.97. The maximum Gasteiger partial charge on any atom is 0.338 e. The SMILES string of the molecule is CCOC(=O)c1cc(C)c(C)cc1-c1ccccc1. The van der Waals surface area contributed by atoms with Crippen LogP contribution in [0.5, 0.6) is 0 Å². The van der Waals surface area contributed by atoms with Crippen LogP contribution in [0.15, 0.2) is 42.5 Å². The van der Waals surface area contributed by atoms with E-state index in [-0.39, 0.29) is 5.97 Å². The van der Waals surface area contributed by atoms with E-state index >= 15 is 0 Å². The van der Waals surface area contributed by atoms with Gasteiger partial charge in [0, 0.05) is 0 Å². The van der Waals surface area contributed by atoms with Gasteiger partial charge in [-0.2, -0.15) is 0 Å². The Kier molecular flexibility index (Phi) is 4.00. The number of ether oxygens (including phenoxy) is 1. The van der Waals surface area contributed by atoms with Crippen molar-refractivity contribution in [2.45, 2.75) is 20.8 Å². The lowest BCUT2D eigenvalue weighted by molar-refractivity contribution is 0.0527. The van der Waals surface area contributed by atoms with Crippen LogP contribution in [-0.4, -0.2) is 12.6 Å². The van der Waals surface area contributed by atoms with Crippen molar-refractivity contribution < 1.29 is 9.53 Å². The van der Waals surface area contributed by atoms with E-state index in [0.29, 0.717) is 12.2 Å².